The fourth-order valence-corrected chi connectivity index (χ4v) is 5.45. The number of rotatable bonds is 2. The third-order valence-electron chi connectivity index (χ3n) is 2.97. The number of thiophene rings is 1. The van der Waals surface area contributed by atoms with Gasteiger partial charge in [0.25, 0.3) is 10.0 Å². The zero-order valence-electron chi connectivity index (χ0n) is 10.7. The van der Waals surface area contributed by atoms with Gasteiger partial charge in [-0.3, -0.25) is 0 Å². The van der Waals surface area contributed by atoms with Gasteiger partial charge in [0.05, 0.1) is 4.34 Å². The van der Waals surface area contributed by atoms with E-state index in [0.29, 0.717) is 28.2 Å². The summed E-state index contributed by atoms with van der Waals surface area (Å²) in [6.07, 6.45) is 0. The second kappa shape index (κ2) is 4.76. The van der Waals surface area contributed by atoms with Crippen molar-refractivity contribution in [2.75, 3.05) is 19.6 Å². The Balaban J connectivity index is 2.31. The highest BCUT2D eigenvalue weighted by Crippen LogP contribution is 2.32. The predicted molar refractivity (Wildman–Crippen MR) is 74.9 cm³/mol. The highest BCUT2D eigenvalue weighted by molar-refractivity contribution is 7.91. The van der Waals surface area contributed by atoms with Crippen molar-refractivity contribution < 1.29 is 8.42 Å². The highest BCUT2D eigenvalue weighted by Gasteiger charge is 2.34. The molecule has 0 amide bonds. The molecule has 7 heteroatoms. The normalized spacial score (nSPS) is 21.1. The lowest BCUT2D eigenvalue weighted by Gasteiger charge is -2.37. The topological polar surface area (TPSA) is 49.4 Å². The fraction of sp³-hybridized carbons (Fsp3) is 0.636. The van der Waals surface area contributed by atoms with Gasteiger partial charge in [0, 0.05) is 25.2 Å². The summed E-state index contributed by atoms with van der Waals surface area (Å²) in [5.74, 6) is 0. The summed E-state index contributed by atoms with van der Waals surface area (Å²) in [6, 6.07) is 1.65. The fourth-order valence-electron chi connectivity index (χ4n) is 1.99. The Morgan fingerprint density at radius 3 is 2.67 bits per heavy atom. The van der Waals surface area contributed by atoms with Crippen LogP contribution in [0.25, 0.3) is 0 Å². The van der Waals surface area contributed by atoms with Crippen molar-refractivity contribution in [2.24, 2.45) is 0 Å². The molecular weight excluding hydrogens is 292 g/mol. The molecule has 1 aromatic rings. The number of hydrogen-bond donors (Lipinski definition) is 1. The molecule has 0 atom stereocenters. The second-order valence-electron chi connectivity index (χ2n) is 5.17. The zero-order chi connectivity index (χ0) is 13.6. The van der Waals surface area contributed by atoms with Crippen LogP contribution in [0, 0.1) is 6.92 Å². The van der Waals surface area contributed by atoms with Crippen LogP contribution in [-0.4, -0.2) is 37.9 Å². The van der Waals surface area contributed by atoms with E-state index in [1.165, 1.54) is 4.31 Å². The molecule has 0 aromatic carbocycles. The quantitative estimate of drug-likeness (QED) is 0.910. The molecule has 1 saturated heterocycles. The monoisotopic (exact) mass is 308 g/mol. The Kier molecular flexibility index (Phi) is 3.77. The van der Waals surface area contributed by atoms with Gasteiger partial charge >= 0.3 is 0 Å². The van der Waals surface area contributed by atoms with Crippen molar-refractivity contribution >= 4 is 33.0 Å². The third kappa shape index (κ3) is 2.72. The lowest BCUT2D eigenvalue weighted by molar-refractivity contribution is 0.234. The van der Waals surface area contributed by atoms with Crippen LogP contribution in [0.3, 0.4) is 0 Å². The van der Waals surface area contributed by atoms with Crippen molar-refractivity contribution in [2.45, 2.75) is 30.5 Å². The van der Waals surface area contributed by atoms with Crippen LogP contribution >= 0.6 is 22.9 Å². The van der Waals surface area contributed by atoms with Crippen molar-refractivity contribution in [3.05, 3.63) is 16.0 Å². The van der Waals surface area contributed by atoms with E-state index in [0.717, 1.165) is 16.9 Å². The number of aryl methyl sites for hydroxylation is 1. The molecule has 102 valence electrons. The smallest absolute Gasteiger partial charge is 0.252 e. The molecule has 1 aliphatic heterocycles. The maximum absolute atomic E-state index is 12.5. The van der Waals surface area contributed by atoms with E-state index in [1.54, 1.807) is 6.07 Å². The highest BCUT2D eigenvalue weighted by atomic mass is 35.5. The molecule has 0 spiro atoms. The summed E-state index contributed by atoms with van der Waals surface area (Å²) in [4.78, 5) is 0. The van der Waals surface area contributed by atoms with Crippen LogP contribution in [-0.2, 0) is 10.0 Å². The summed E-state index contributed by atoms with van der Waals surface area (Å²) < 4.78 is 27.4. The van der Waals surface area contributed by atoms with Gasteiger partial charge in [-0.1, -0.05) is 11.6 Å². The Labute approximate surface area is 117 Å². The summed E-state index contributed by atoms with van der Waals surface area (Å²) in [7, 11) is -3.41. The minimum absolute atomic E-state index is 0.193. The number of sulfonamides is 1. The van der Waals surface area contributed by atoms with Gasteiger partial charge in [0.15, 0.2) is 0 Å². The molecule has 0 bridgehead atoms. The number of piperazine rings is 1. The first-order valence-electron chi connectivity index (χ1n) is 5.73. The molecule has 0 radical (unpaired) electrons. The molecule has 1 aliphatic rings. The molecule has 4 nitrogen and oxygen atoms in total. The maximum Gasteiger partial charge on any atom is 0.252 e. The number of halogens is 1. The standard InChI is InChI=1S/C11H17ClN2O2S2/c1-8-6-9(17-10(8)12)18(15,16)14-5-4-13-11(2,3)7-14/h6,13H,4-5,7H2,1-3H3. The number of nitrogens with one attached hydrogen (secondary N) is 1. The van der Waals surface area contributed by atoms with Gasteiger partial charge in [0.1, 0.15) is 4.21 Å². The van der Waals surface area contributed by atoms with Crippen LogP contribution in [0.5, 0.6) is 0 Å². The van der Waals surface area contributed by atoms with Gasteiger partial charge in [-0.2, -0.15) is 4.31 Å². The molecule has 1 N–H and O–H groups in total. The molecule has 0 aliphatic carbocycles. The van der Waals surface area contributed by atoms with Gasteiger partial charge < -0.3 is 5.32 Å². The van der Waals surface area contributed by atoms with Gasteiger partial charge in [-0.05, 0) is 32.4 Å². The van der Waals surface area contributed by atoms with Crippen molar-refractivity contribution in [3.8, 4) is 0 Å². The molecule has 0 saturated carbocycles. The van der Waals surface area contributed by atoms with Gasteiger partial charge in [-0.25, -0.2) is 8.42 Å². The van der Waals surface area contributed by atoms with E-state index in [9.17, 15) is 8.42 Å². The van der Waals surface area contributed by atoms with Crippen LogP contribution < -0.4 is 5.32 Å². The average molecular weight is 309 g/mol. The van der Waals surface area contributed by atoms with E-state index < -0.39 is 10.0 Å². The summed E-state index contributed by atoms with van der Waals surface area (Å²) in [5.41, 5.74) is 0.621. The van der Waals surface area contributed by atoms with Crippen LogP contribution in [0.15, 0.2) is 10.3 Å². The molecular formula is C11H17ClN2O2S2. The lowest BCUT2D eigenvalue weighted by Crippen LogP contribution is -2.58. The third-order valence-corrected chi connectivity index (χ3v) is 6.81. The van der Waals surface area contributed by atoms with Gasteiger partial charge in [-0.15, -0.1) is 11.3 Å². The Bertz CT molecular complexity index is 532. The zero-order valence-corrected chi connectivity index (χ0v) is 13.0. The Morgan fingerprint density at radius 1 is 1.50 bits per heavy atom. The van der Waals surface area contributed by atoms with Crippen molar-refractivity contribution in [1.82, 2.24) is 9.62 Å². The Morgan fingerprint density at radius 2 is 2.17 bits per heavy atom. The van der Waals surface area contributed by atoms with Gasteiger partial charge in [0.2, 0.25) is 0 Å². The molecule has 1 fully saturated rings. The van der Waals surface area contributed by atoms with E-state index >= 15 is 0 Å². The molecule has 0 unspecified atom stereocenters. The lowest BCUT2D eigenvalue weighted by atomic mass is 10.0. The van der Waals surface area contributed by atoms with Crippen LogP contribution in [0.1, 0.15) is 19.4 Å². The van der Waals surface area contributed by atoms with E-state index in [2.05, 4.69) is 5.32 Å². The van der Waals surface area contributed by atoms with Crippen molar-refractivity contribution in [3.63, 3.8) is 0 Å². The first-order chi connectivity index (χ1) is 8.22. The van der Waals surface area contributed by atoms with E-state index in [4.69, 9.17) is 11.6 Å². The maximum atomic E-state index is 12.5. The average Bonchev–Trinajstić information content (AvgIpc) is 2.58. The Hall–Kier alpha value is -0.140. The molecule has 2 heterocycles. The first-order valence-corrected chi connectivity index (χ1v) is 8.37. The summed E-state index contributed by atoms with van der Waals surface area (Å²) in [6.45, 7) is 7.47. The number of hydrogen-bond acceptors (Lipinski definition) is 4. The largest absolute Gasteiger partial charge is 0.309 e. The number of nitrogens with zero attached hydrogens (tertiary/aromatic N) is 1. The SMILES string of the molecule is Cc1cc(S(=O)(=O)N2CCNC(C)(C)C2)sc1Cl. The predicted octanol–water partition coefficient (Wildman–Crippen LogP) is 2.08. The second-order valence-corrected chi connectivity index (χ2v) is 8.99. The molecule has 2 rings (SSSR count). The van der Waals surface area contributed by atoms with Crippen LogP contribution in [0.4, 0.5) is 0 Å². The molecule has 18 heavy (non-hydrogen) atoms. The summed E-state index contributed by atoms with van der Waals surface area (Å²) in [5, 5.41) is 3.30. The first kappa shape index (κ1) is 14.3. The van der Waals surface area contributed by atoms with Crippen molar-refractivity contribution in [1.29, 1.82) is 0 Å². The minimum atomic E-state index is -3.41. The minimum Gasteiger partial charge on any atom is -0.309 e. The molecule has 1 aromatic heterocycles. The van der Waals surface area contributed by atoms with Crippen LogP contribution in [0.2, 0.25) is 4.34 Å². The summed E-state index contributed by atoms with van der Waals surface area (Å²) >= 11 is 7.08. The van der Waals surface area contributed by atoms with E-state index in [-0.39, 0.29) is 5.54 Å². The van der Waals surface area contributed by atoms with E-state index in [1.807, 2.05) is 20.8 Å².